The third-order valence-electron chi connectivity index (χ3n) is 3.61. The molecule has 1 rings (SSSR count). The Hall–Kier alpha value is -0.570. The summed E-state index contributed by atoms with van der Waals surface area (Å²) in [4.78, 5) is 14.0. The summed E-state index contributed by atoms with van der Waals surface area (Å²) in [7, 11) is 4.23. The highest BCUT2D eigenvalue weighted by atomic mass is 16.1. The van der Waals surface area contributed by atoms with E-state index in [1.54, 1.807) is 0 Å². The second kappa shape index (κ2) is 7.70. The van der Waals surface area contributed by atoms with E-state index in [1.807, 2.05) is 0 Å². The maximum Gasteiger partial charge on any atom is 0.220 e. The molecule has 1 amide bonds. The lowest BCUT2D eigenvalue weighted by molar-refractivity contribution is -0.122. The van der Waals surface area contributed by atoms with Crippen LogP contribution >= 0.6 is 0 Å². The van der Waals surface area contributed by atoms with Crippen LogP contribution in [0.1, 0.15) is 51.9 Å². The van der Waals surface area contributed by atoms with Crippen molar-refractivity contribution >= 4 is 5.91 Å². The van der Waals surface area contributed by atoms with Crippen LogP contribution in [0.3, 0.4) is 0 Å². The molecular formula is C14H28N2O. The van der Waals surface area contributed by atoms with E-state index >= 15 is 0 Å². The Morgan fingerprint density at radius 3 is 2.65 bits per heavy atom. The van der Waals surface area contributed by atoms with E-state index in [1.165, 1.54) is 19.3 Å². The second-order valence-corrected chi connectivity index (χ2v) is 5.58. The second-order valence-electron chi connectivity index (χ2n) is 5.58. The Bertz CT molecular complexity index is 228. The van der Waals surface area contributed by atoms with Crippen LogP contribution in [0.15, 0.2) is 0 Å². The summed E-state index contributed by atoms with van der Waals surface area (Å²) in [5, 5.41) is 3.24. The van der Waals surface area contributed by atoms with Gasteiger partial charge in [-0.2, -0.15) is 0 Å². The van der Waals surface area contributed by atoms with Gasteiger partial charge in [0.05, 0.1) is 0 Å². The number of carbonyl (C=O) groups excluding carboxylic acids is 1. The highest BCUT2D eigenvalue weighted by Gasteiger charge is 2.26. The Morgan fingerprint density at radius 1 is 1.29 bits per heavy atom. The molecule has 1 saturated carbocycles. The van der Waals surface area contributed by atoms with Gasteiger partial charge in [-0.15, -0.1) is 0 Å². The zero-order valence-corrected chi connectivity index (χ0v) is 11.7. The summed E-state index contributed by atoms with van der Waals surface area (Å²) >= 11 is 0. The van der Waals surface area contributed by atoms with Gasteiger partial charge >= 0.3 is 0 Å². The molecule has 0 bridgehead atoms. The van der Waals surface area contributed by atoms with E-state index in [0.717, 1.165) is 25.8 Å². The van der Waals surface area contributed by atoms with Crippen molar-refractivity contribution in [2.75, 3.05) is 20.6 Å². The molecule has 0 aromatic heterocycles. The van der Waals surface area contributed by atoms with Crippen LogP contribution in [0.5, 0.6) is 0 Å². The molecule has 2 atom stereocenters. The third kappa shape index (κ3) is 5.53. The Morgan fingerprint density at radius 2 is 2.00 bits per heavy atom. The first-order chi connectivity index (χ1) is 8.13. The summed E-state index contributed by atoms with van der Waals surface area (Å²) < 4.78 is 0. The maximum absolute atomic E-state index is 11.8. The van der Waals surface area contributed by atoms with E-state index < -0.39 is 0 Å². The van der Waals surface area contributed by atoms with Crippen molar-refractivity contribution in [3.8, 4) is 0 Å². The minimum atomic E-state index is 0.252. The van der Waals surface area contributed by atoms with Crippen LogP contribution in [0.2, 0.25) is 0 Å². The highest BCUT2D eigenvalue weighted by Crippen LogP contribution is 2.25. The van der Waals surface area contributed by atoms with Crippen LogP contribution < -0.4 is 5.32 Å². The minimum Gasteiger partial charge on any atom is -0.353 e. The van der Waals surface area contributed by atoms with E-state index in [2.05, 4.69) is 31.2 Å². The number of nitrogens with zero attached hydrogens (tertiary/aromatic N) is 1. The lowest BCUT2D eigenvalue weighted by Crippen LogP contribution is -2.45. The smallest absolute Gasteiger partial charge is 0.220 e. The standard InChI is InChI=1S/C14H28N2O/c1-4-5-10-14(17)15-13-9-7-6-8-12(13)11-16(2)3/h12-13H,4-11H2,1-3H3,(H,15,17). The number of rotatable bonds is 6. The van der Waals surface area contributed by atoms with Gasteiger partial charge in [0.2, 0.25) is 5.91 Å². The molecule has 1 N–H and O–H groups in total. The summed E-state index contributed by atoms with van der Waals surface area (Å²) in [5.74, 6) is 0.895. The van der Waals surface area contributed by atoms with Gasteiger partial charge in [-0.25, -0.2) is 0 Å². The van der Waals surface area contributed by atoms with Crippen molar-refractivity contribution in [1.29, 1.82) is 0 Å². The maximum atomic E-state index is 11.8. The van der Waals surface area contributed by atoms with Crippen molar-refractivity contribution in [1.82, 2.24) is 10.2 Å². The van der Waals surface area contributed by atoms with Crippen LogP contribution in [-0.2, 0) is 4.79 Å². The fourth-order valence-corrected chi connectivity index (χ4v) is 2.70. The van der Waals surface area contributed by atoms with E-state index in [9.17, 15) is 4.79 Å². The molecule has 17 heavy (non-hydrogen) atoms. The summed E-state index contributed by atoms with van der Waals surface area (Å²) in [6, 6.07) is 0.413. The molecule has 1 fully saturated rings. The predicted molar refractivity (Wildman–Crippen MR) is 72.0 cm³/mol. The monoisotopic (exact) mass is 240 g/mol. The quantitative estimate of drug-likeness (QED) is 0.773. The van der Waals surface area contributed by atoms with Crippen molar-refractivity contribution in [3.05, 3.63) is 0 Å². The fourth-order valence-electron chi connectivity index (χ4n) is 2.70. The zero-order chi connectivity index (χ0) is 12.7. The molecule has 3 heteroatoms. The molecule has 0 aromatic carbocycles. The lowest BCUT2D eigenvalue weighted by Gasteiger charge is -2.34. The van der Waals surface area contributed by atoms with Crippen molar-refractivity contribution in [2.45, 2.75) is 57.9 Å². The molecule has 0 aromatic rings. The summed E-state index contributed by atoms with van der Waals surface area (Å²) in [5.41, 5.74) is 0. The zero-order valence-electron chi connectivity index (χ0n) is 11.7. The molecule has 0 radical (unpaired) electrons. The van der Waals surface area contributed by atoms with Gasteiger partial charge in [0.25, 0.3) is 0 Å². The number of nitrogens with one attached hydrogen (secondary N) is 1. The fraction of sp³-hybridized carbons (Fsp3) is 0.929. The molecule has 0 saturated heterocycles. The van der Waals surface area contributed by atoms with Gasteiger partial charge in [0.1, 0.15) is 0 Å². The number of carbonyl (C=O) groups is 1. The molecular weight excluding hydrogens is 212 g/mol. The largest absolute Gasteiger partial charge is 0.353 e. The number of amides is 1. The van der Waals surface area contributed by atoms with Crippen LogP contribution in [0, 0.1) is 5.92 Å². The van der Waals surface area contributed by atoms with Gasteiger partial charge in [-0.1, -0.05) is 26.2 Å². The molecule has 2 unspecified atom stereocenters. The van der Waals surface area contributed by atoms with Crippen molar-refractivity contribution < 1.29 is 4.79 Å². The Labute approximate surface area is 106 Å². The first-order valence-electron chi connectivity index (χ1n) is 7.07. The topological polar surface area (TPSA) is 32.3 Å². The van der Waals surface area contributed by atoms with Crippen LogP contribution in [0.25, 0.3) is 0 Å². The summed E-state index contributed by atoms with van der Waals surface area (Å²) in [6.07, 6.45) is 7.81. The first-order valence-corrected chi connectivity index (χ1v) is 7.07. The number of hydrogen-bond acceptors (Lipinski definition) is 2. The highest BCUT2D eigenvalue weighted by molar-refractivity contribution is 5.76. The number of hydrogen-bond donors (Lipinski definition) is 1. The van der Waals surface area contributed by atoms with E-state index in [4.69, 9.17) is 0 Å². The molecule has 0 aliphatic heterocycles. The van der Waals surface area contributed by atoms with E-state index in [-0.39, 0.29) is 5.91 Å². The van der Waals surface area contributed by atoms with Crippen molar-refractivity contribution in [2.24, 2.45) is 5.92 Å². The molecule has 3 nitrogen and oxygen atoms in total. The Kier molecular flexibility index (Phi) is 6.56. The average Bonchev–Trinajstić information content (AvgIpc) is 2.28. The number of unbranched alkanes of at least 4 members (excludes halogenated alkanes) is 1. The van der Waals surface area contributed by atoms with Gasteiger partial charge < -0.3 is 10.2 Å². The van der Waals surface area contributed by atoms with Crippen LogP contribution in [0.4, 0.5) is 0 Å². The minimum absolute atomic E-state index is 0.252. The van der Waals surface area contributed by atoms with Gasteiger partial charge in [0.15, 0.2) is 0 Å². The third-order valence-corrected chi connectivity index (χ3v) is 3.61. The van der Waals surface area contributed by atoms with Crippen molar-refractivity contribution in [3.63, 3.8) is 0 Å². The van der Waals surface area contributed by atoms with Gasteiger partial charge in [-0.05, 0) is 39.3 Å². The normalized spacial score (nSPS) is 24.9. The Balaban J connectivity index is 2.39. The van der Waals surface area contributed by atoms with Gasteiger partial charge in [-0.3, -0.25) is 4.79 Å². The first kappa shape index (κ1) is 14.5. The van der Waals surface area contributed by atoms with Crippen LogP contribution in [-0.4, -0.2) is 37.5 Å². The summed E-state index contributed by atoms with van der Waals surface area (Å²) in [6.45, 7) is 3.22. The lowest BCUT2D eigenvalue weighted by atomic mass is 9.84. The molecule has 0 heterocycles. The predicted octanol–water partition coefficient (Wildman–Crippen LogP) is 2.41. The molecule has 1 aliphatic carbocycles. The SMILES string of the molecule is CCCCC(=O)NC1CCCCC1CN(C)C. The molecule has 1 aliphatic rings. The average molecular weight is 240 g/mol. The van der Waals surface area contributed by atoms with E-state index in [0.29, 0.717) is 18.4 Å². The molecule has 0 spiro atoms. The molecule has 100 valence electrons. The van der Waals surface area contributed by atoms with Gasteiger partial charge in [0, 0.05) is 19.0 Å².